The number of hydrogen-bond donors (Lipinski definition) is 1. The monoisotopic (exact) mass is 195 g/mol. The van der Waals surface area contributed by atoms with Crippen LogP contribution in [-0.4, -0.2) is 12.1 Å². The summed E-state index contributed by atoms with van der Waals surface area (Å²) in [5.74, 6) is 1.89. The Kier molecular flexibility index (Phi) is 3.48. The molecule has 0 saturated heterocycles. The zero-order chi connectivity index (χ0) is 9.97. The fourth-order valence-electron chi connectivity index (χ4n) is 3.32. The van der Waals surface area contributed by atoms with Gasteiger partial charge in [0.05, 0.1) is 0 Å². The lowest BCUT2D eigenvalue weighted by molar-refractivity contribution is 0.311. The van der Waals surface area contributed by atoms with E-state index in [4.69, 9.17) is 0 Å². The molecule has 1 nitrogen and oxygen atoms in total. The number of hydrogen-bond acceptors (Lipinski definition) is 1. The van der Waals surface area contributed by atoms with E-state index in [1.165, 1.54) is 44.9 Å². The fraction of sp³-hybridized carbons (Fsp3) is 1.00. The molecule has 0 aromatic rings. The molecule has 82 valence electrons. The van der Waals surface area contributed by atoms with Gasteiger partial charge in [-0.25, -0.2) is 0 Å². The highest BCUT2D eigenvalue weighted by Gasteiger charge is 2.28. The lowest BCUT2D eigenvalue weighted by atomic mass is 9.97. The van der Waals surface area contributed by atoms with Crippen molar-refractivity contribution in [3.8, 4) is 0 Å². The van der Waals surface area contributed by atoms with Crippen LogP contribution in [-0.2, 0) is 0 Å². The van der Waals surface area contributed by atoms with Gasteiger partial charge in [0, 0.05) is 12.1 Å². The van der Waals surface area contributed by atoms with E-state index in [9.17, 15) is 0 Å². The lowest BCUT2D eigenvalue weighted by Gasteiger charge is -2.27. The minimum atomic E-state index is 0.767. The van der Waals surface area contributed by atoms with Gasteiger partial charge in [-0.15, -0.1) is 0 Å². The molecule has 1 N–H and O–H groups in total. The van der Waals surface area contributed by atoms with E-state index in [0.29, 0.717) is 0 Å². The summed E-state index contributed by atoms with van der Waals surface area (Å²) in [5, 5.41) is 3.87. The first-order valence-electron chi connectivity index (χ1n) is 6.53. The third kappa shape index (κ3) is 2.31. The minimum absolute atomic E-state index is 0.767. The molecule has 2 aliphatic carbocycles. The van der Waals surface area contributed by atoms with Crippen molar-refractivity contribution < 1.29 is 0 Å². The maximum Gasteiger partial charge on any atom is 0.00952 e. The summed E-state index contributed by atoms with van der Waals surface area (Å²) < 4.78 is 0. The largest absolute Gasteiger partial charge is 0.311 e. The molecule has 2 unspecified atom stereocenters. The van der Waals surface area contributed by atoms with Crippen molar-refractivity contribution in [1.29, 1.82) is 0 Å². The molecular formula is C13H25N. The Balaban J connectivity index is 1.78. The van der Waals surface area contributed by atoms with Crippen LogP contribution < -0.4 is 5.32 Å². The molecule has 0 aromatic carbocycles. The molecule has 0 spiro atoms. The van der Waals surface area contributed by atoms with Gasteiger partial charge in [-0.2, -0.15) is 0 Å². The summed E-state index contributed by atoms with van der Waals surface area (Å²) >= 11 is 0. The topological polar surface area (TPSA) is 12.0 Å². The highest BCUT2D eigenvalue weighted by molar-refractivity contribution is 4.85. The predicted octanol–water partition coefficient (Wildman–Crippen LogP) is 3.34. The van der Waals surface area contributed by atoms with Crippen LogP contribution in [0, 0.1) is 11.8 Å². The van der Waals surface area contributed by atoms with Crippen LogP contribution in [0.1, 0.15) is 58.8 Å². The van der Waals surface area contributed by atoms with Gasteiger partial charge in [0.1, 0.15) is 0 Å². The molecule has 2 fully saturated rings. The van der Waals surface area contributed by atoms with Crippen LogP contribution in [0.15, 0.2) is 0 Å². The quantitative estimate of drug-likeness (QED) is 0.728. The van der Waals surface area contributed by atoms with Crippen molar-refractivity contribution in [3.63, 3.8) is 0 Å². The molecule has 0 heterocycles. The van der Waals surface area contributed by atoms with Crippen molar-refractivity contribution in [3.05, 3.63) is 0 Å². The smallest absolute Gasteiger partial charge is 0.00952 e. The average Bonchev–Trinajstić information content (AvgIpc) is 2.77. The zero-order valence-electron chi connectivity index (χ0n) is 9.76. The lowest BCUT2D eigenvalue weighted by Crippen LogP contribution is -2.41. The molecule has 0 aliphatic heterocycles. The molecule has 0 bridgehead atoms. The summed E-state index contributed by atoms with van der Waals surface area (Å²) in [6, 6.07) is 1.59. The normalized spacial score (nSPS) is 36.4. The zero-order valence-corrected chi connectivity index (χ0v) is 9.76. The van der Waals surface area contributed by atoms with Crippen LogP contribution >= 0.6 is 0 Å². The molecule has 0 radical (unpaired) electrons. The summed E-state index contributed by atoms with van der Waals surface area (Å²) in [6.45, 7) is 4.81. The molecule has 1 heteroatoms. The second-order valence-electron chi connectivity index (χ2n) is 5.51. The van der Waals surface area contributed by atoms with E-state index in [1.54, 1.807) is 0 Å². The highest BCUT2D eigenvalue weighted by atomic mass is 15.0. The van der Waals surface area contributed by atoms with Crippen molar-refractivity contribution in [2.75, 3.05) is 0 Å². The first-order valence-corrected chi connectivity index (χ1v) is 6.53. The Morgan fingerprint density at radius 3 is 2.29 bits per heavy atom. The summed E-state index contributed by atoms with van der Waals surface area (Å²) in [6.07, 6.45) is 10.2. The first-order chi connectivity index (χ1) is 6.77. The Hall–Kier alpha value is -0.0400. The predicted molar refractivity (Wildman–Crippen MR) is 61.4 cm³/mol. The van der Waals surface area contributed by atoms with Gasteiger partial charge in [0.2, 0.25) is 0 Å². The second-order valence-corrected chi connectivity index (χ2v) is 5.51. The van der Waals surface area contributed by atoms with Crippen molar-refractivity contribution in [1.82, 2.24) is 5.32 Å². The Labute approximate surface area is 88.7 Å². The van der Waals surface area contributed by atoms with Gasteiger partial charge in [-0.3, -0.25) is 0 Å². The Bertz CT molecular complexity index is 172. The molecule has 2 saturated carbocycles. The van der Waals surface area contributed by atoms with Crippen molar-refractivity contribution >= 4 is 0 Å². The van der Waals surface area contributed by atoms with Crippen LogP contribution in [0.3, 0.4) is 0 Å². The van der Waals surface area contributed by atoms with E-state index in [0.717, 1.165) is 23.9 Å². The minimum Gasteiger partial charge on any atom is -0.311 e. The maximum atomic E-state index is 3.87. The van der Waals surface area contributed by atoms with Gasteiger partial charge in [-0.1, -0.05) is 26.2 Å². The van der Waals surface area contributed by atoms with Gasteiger partial charge < -0.3 is 5.32 Å². The van der Waals surface area contributed by atoms with E-state index >= 15 is 0 Å². The Morgan fingerprint density at radius 1 is 1.00 bits per heavy atom. The van der Waals surface area contributed by atoms with Crippen LogP contribution in [0.25, 0.3) is 0 Å². The molecule has 3 atom stereocenters. The molecular weight excluding hydrogens is 170 g/mol. The third-order valence-corrected chi connectivity index (χ3v) is 4.45. The second kappa shape index (κ2) is 4.65. The van der Waals surface area contributed by atoms with Gasteiger partial charge >= 0.3 is 0 Å². The molecule has 2 rings (SSSR count). The van der Waals surface area contributed by atoms with Gasteiger partial charge in [-0.05, 0) is 44.4 Å². The van der Waals surface area contributed by atoms with Crippen LogP contribution in [0.5, 0.6) is 0 Å². The molecule has 14 heavy (non-hydrogen) atoms. The third-order valence-electron chi connectivity index (χ3n) is 4.45. The fourth-order valence-corrected chi connectivity index (χ4v) is 3.32. The van der Waals surface area contributed by atoms with Crippen LogP contribution in [0.4, 0.5) is 0 Å². The molecule has 0 amide bonds. The van der Waals surface area contributed by atoms with E-state index in [1.807, 2.05) is 0 Å². The molecule has 0 aromatic heterocycles. The maximum absolute atomic E-state index is 3.87. The molecule has 2 aliphatic rings. The standard InChI is InChI=1S/C13H25N/c1-10-6-5-9-13(10)14-11(2)12-7-3-4-8-12/h10-14H,3-9H2,1-2H3/t10?,11-,13?/m0/s1. The van der Waals surface area contributed by atoms with Crippen molar-refractivity contribution in [2.24, 2.45) is 11.8 Å². The summed E-state index contributed by atoms with van der Waals surface area (Å²) in [7, 11) is 0. The van der Waals surface area contributed by atoms with Gasteiger partial charge in [0.15, 0.2) is 0 Å². The highest BCUT2D eigenvalue weighted by Crippen LogP contribution is 2.30. The van der Waals surface area contributed by atoms with Gasteiger partial charge in [0.25, 0.3) is 0 Å². The SMILES string of the molecule is CC1CCCC1N[C@@H](C)C1CCCC1. The van der Waals surface area contributed by atoms with E-state index in [2.05, 4.69) is 19.2 Å². The van der Waals surface area contributed by atoms with E-state index in [-0.39, 0.29) is 0 Å². The summed E-state index contributed by atoms with van der Waals surface area (Å²) in [5.41, 5.74) is 0. The number of rotatable bonds is 3. The number of nitrogens with one attached hydrogen (secondary N) is 1. The van der Waals surface area contributed by atoms with Crippen molar-refractivity contribution in [2.45, 2.75) is 70.9 Å². The summed E-state index contributed by atoms with van der Waals surface area (Å²) in [4.78, 5) is 0. The Morgan fingerprint density at radius 2 is 1.71 bits per heavy atom. The first kappa shape index (κ1) is 10.5. The average molecular weight is 195 g/mol. The van der Waals surface area contributed by atoms with E-state index < -0.39 is 0 Å². The van der Waals surface area contributed by atoms with Crippen LogP contribution in [0.2, 0.25) is 0 Å².